The number of aromatic nitrogens is 2. The van der Waals surface area contributed by atoms with Gasteiger partial charge in [0.05, 0.1) is 41.7 Å². The first-order chi connectivity index (χ1) is 13.3. The topological polar surface area (TPSA) is 88.4 Å². The van der Waals surface area contributed by atoms with Crippen molar-refractivity contribution in [3.8, 4) is 0 Å². The Morgan fingerprint density at radius 3 is 2.93 bits per heavy atom. The fourth-order valence-corrected chi connectivity index (χ4v) is 3.34. The van der Waals surface area contributed by atoms with Gasteiger partial charge in [-0.05, 0) is 18.2 Å². The first kappa shape index (κ1) is 20.6. The number of hydrogen-bond acceptors (Lipinski definition) is 5. The molecule has 0 saturated carbocycles. The van der Waals surface area contributed by atoms with E-state index >= 15 is 4.39 Å². The van der Waals surface area contributed by atoms with Crippen LogP contribution in [0.1, 0.15) is 17.3 Å². The number of rotatable bonds is 6. The molecular formula is C18H19Cl2FN4O3. The first-order valence-electron chi connectivity index (χ1n) is 8.50. The van der Waals surface area contributed by atoms with Crippen molar-refractivity contribution < 1.29 is 19.1 Å². The zero-order chi connectivity index (χ0) is 20.4. The fourth-order valence-electron chi connectivity index (χ4n) is 2.82. The largest absolute Gasteiger partial charge is 0.394 e. The van der Waals surface area contributed by atoms with Crippen molar-refractivity contribution in [2.45, 2.75) is 12.3 Å². The molecule has 1 aliphatic carbocycles. The molecule has 7 nitrogen and oxygen atoms in total. The van der Waals surface area contributed by atoms with Gasteiger partial charge in [0.15, 0.2) is 5.82 Å². The van der Waals surface area contributed by atoms with E-state index in [1.165, 1.54) is 12.4 Å². The second kappa shape index (κ2) is 8.48. The number of hydrogen-bond donors (Lipinski definition) is 3. The molecule has 28 heavy (non-hydrogen) atoms. The lowest BCUT2D eigenvalue weighted by Gasteiger charge is -2.26. The average Bonchev–Trinajstić information content (AvgIpc) is 3.05. The number of aliphatic hydroxyl groups excluding tert-OH is 1. The highest BCUT2D eigenvalue weighted by Crippen LogP contribution is 2.35. The Balaban J connectivity index is 2.05. The van der Waals surface area contributed by atoms with E-state index in [4.69, 9.17) is 33.1 Å². The van der Waals surface area contributed by atoms with E-state index in [9.17, 15) is 4.79 Å². The highest BCUT2D eigenvalue weighted by atomic mass is 35.5. The number of hydroxylamine groups is 1. The molecule has 0 fully saturated rings. The molecule has 2 atom stereocenters. The molecule has 0 spiro atoms. The van der Waals surface area contributed by atoms with Crippen LogP contribution in [0.2, 0.25) is 0 Å². The monoisotopic (exact) mass is 428 g/mol. The summed E-state index contributed by atoms with van der Waals surface area (Å²) in [7, 11) is 1.69. The molecule has 2 unspecified atom stereocenters. The average molecular weight is 429 g/mol. The molecule has 1 aliphatic rings. The Morgan fingerprint density at radius 2 is 2.21 bits per heavy atom. The van der Waals surface area contributed by atoms with Gasteiger partial charge in [0, 0.05) is 23.7 Å². The molecule has 0 radical (unpaired) electrons. The minimum atomic E-state index is -0.691. The van der Waals surface area contributed by atoms with Gasteiger partial charge in [-0.1, -0.05) is 18.5 Å². The maximum absolute atomic E-state index is 15.2. The van der Waals surface area contributed by atoms with Gasteiger partial charge in [0.1, 0.15) is 5.52 Å². The number of imidazole rings is 1. The zero-order valence-electron chi connectivity index (χ0n) is 15.2. The van der Waals surface area contributed by atoms with Gasteiger partial charge in [-0.3, -0.25) is 9.63 Å². The van der Waals surface area contributed by atoms with Crippen LogP contribution in [-0.4, -0.2) is 39.2 Å². The zero-order valence-corrected chi connectivity index (χ0v) is 16.7. The lowest BCUT2D eigenvalue weighted by atomic mass is 9.98. The molecule has 150 valence electrons. The summed E-state index contributed by atoms with van der Waals surface area (Å²) in [5, 5.41) is 11.8. The van der Waals surface area contributed by atoms with Crippen LogP contribution in [-0.2, 0) is 11.9 Å². The highest BCUT2D eigenvalue weighted by Gasteiger charge is 2.28. The molecule has 3 N–H and O–H groups in total. The van der Waals surface area contributed by atoms with Crippen LogP contribution in [0.5, 0.6) is 0 Å². The number of nitrogens with one attached hydrogen (secondary N) is 2. The van der Waals surface area contributed by atoms with Crippen LogP contribution in [0.15, 0.2) is 35.3 Å². The summed E-state index contributed by atoms with van der Waals surface area (Å²) < 4.78 is 16.8. The van der Waals surface area contributed by atoms with E-state index in [0.717, 1.165) is 0 Å². The summed E-state index contributed by atoms with van der Waals surface area (Å²) in [5.41, 5.74) is 3.16. The predicted octanol–water partition coefficient (Wildman–Crippen LogP) is 3.04. The van der Waals surface area contributed by atoms with Gasteiger partial charge in [-0.25, -0.2) is 14.9 Å². The molecule has 1 amide bonds. The predicted molar refractivity (Wildman–Crippen MR) is 106 cm³/mol. The Kier molecular flexibility index (Phi) is 6.24. The third kappa shape index (κ3) is 3.86. The normalized spacial score (nSPS) is 19.4. The number of carbonyl (C=O) groups is 1. The van der Waals surface area contributed by atoms with Crippen molar-refractivity contribution in [2.24, 2.45) is 13.0 Å². The number of aliphatic hydroxyl groups is 1. The quantitative estimate of drug-likeness (QED) is 0.373. The van der Waals surface area contributed by atoms with Crippen molar-refractivity contribution in [3.05, 3.63) is 46.7 Å². The summed E-state index contributed by atoms with van der Waals surface area (Å²) in [5.74, 6) is -1.55. The first-order valence-corrected chi connectivity index (χ1v) is 9.31. The molecule has 1 aromatic heterocycles. The number of carbonyl (C=O) groups excluding carboxylic acids is 1. The smallest absolute Gasteiger partial charge is 0.277 e. The standard InChI is InChI=1S/C18H19Cl2FN4O3/c1-9-11(19)3-4-12(14(9)20)23-16-10(18(27)24-28-6-5-26)7-13-17(15(16)21)22-8-25(13)2/h3-4,7-9,14,23,26H,5-6H2,1-2H3,(H,24,27). The summed E-state index contributed by atoms with van der Waals surface area (Å²) >= 11 is 12.5. The van der Waals surface area contributed by atoms with Crippen molar-refractivity contribution in [1.82, 2.24) is 15.0 Å². The molecule has 2 aromatic rings. The van der Waals surface area contributed by atoms with Crippen LogP contribution in [0.4, 0.5) is 10.1 Å². The lowest BCUT2D eigenvalue weighted by Crippen LogP contribution is -2.28. The molecule has 3 rings (SSSR count). The second-order valence-corrected chi connectivity index (χ2v) is 7.24. The summed E-state index contributed by atoms with van der Waals surface area (Å²) in [4.78, 5) is 21.5. The van der Waals surface area contributed by atoms with Crippen LogP contribution in [0, 0.1) is 11.7 Å². The molecule has 0 aliphatic heterocycles. The van der Waals surface area contributed by atoms with Crippen LogP contribution >= 0.6 is 23.2 Å². The maximum Gasteiger partial charge on any atom is 0.277 e. The van der Waals surface area contributed by atoms with Gasteiger partial charge in [0.25, 0.3) is 5.91 Å². The van der Waals surface area contributed by atoms with Crippen LogP contribution in [0.3, 0.4) is 0 Å². The van der Waals surface area contributed by atoms with Gasteiger partial charge in [0.2, 0.25) is 0 Å². The third-order valence-corrected chi connectivity index (χ3v) is 5.51. The Hall–Kier alpha value is -2.13. The number of halogens is 3. The highest BCUT2D eigenvalue weighted by molar-refractivity contribution is 6.32. The number of anilines is 1. The number of nitrogens with zero attached hydrogens (tertiary/aromatic N) is 2. The Morgan fingerprint density at radius 1 is 1.46 bits per heavy atom. The third-order valence-electron chi connectivity index (χ3n) is 4.43. The van der Waals surface area contributed by atoms with E-state index in [-0.39, 0.29) is 35.9 Å². The number of fused-ring (bicyclic) bond motifs is 1. The van der Waals surface area contributed by atoms with E-state index in [0.29, 0.717) is 16.2 Å². The van der Waals surface area contributed by atoms with Gasteiger partial charge in [-0.2, -0.15) is 0 Å². The van der Waals surface area contributed by atoms with E-state index < -0.39 is 17.1 Å². The number of benzene rings is 1. The van der Waals surface area contributed by atoms with Gasteiger partial charge >= 0.3 is 0 Å². The van der Waals surface area contributed by atoms with Crippen molar-refractivity contribution >= 4 is 45.8 Å². The van der Waals surface area contributed by atoms with Crippen molar-refractivity contribution in [2.75, 3.05) is 18.5 Å². The van der Waals surface area contributed by atoms with Gasteiger partial charge < -0.3 is 15.0 Å². The van der Waals surface area contributed by atoms with Crippen molar-refractivity contribution in [3.63, 3.8) is 0 Å². The van der Waals surface area contributed by atoms with Crippen LogP contribution in [0.25, 0.3) is 11.0 Å². The Bertz CT molecular complexity index is 973. The summed E-state index contributed by atoms with van der Waals surface area (Å²) in [6.45, 7) is 1.48. The minimum absolute atomic E-state index is 0.00427. The molecule has 0 saturated heterocycles. The number of aryl methyl sites for hydroxylation is 1. The molecule has 1 heterocycles. The molecule has 1 aromatic carbocycles. The Labute approximate surface area is 170 Å². The summed E-state index contributed by atoms with van der Waals surface area (Å²) in [6, 6.07) is 1.50. The summed E-state index contributed by atoms with van der Waals surface area (Å²) in [6.07, 6.45) is 4.77. The van der Waals surface area contributed by atoms with E-state index in [1.807, 2.05) is 6.92 Å². The van der Waals surface area contributed by atoms with E-state index in [2.05, 4.69) is 15.8 Å². The second-order valence-electron chi connectivity index (χ2n) is 6.33. The van der Waals surface area contributed by atoms with Gasteiger partial charge in [-0.15, -0.1) is 11.6 Å². The van der Waals surface area contributed by atoms with Crippen LogP contribution < -0.4 is 10.8 Å². The number of allylic oxidation sites excluding steroid dienone is 4. The molecular weight excluding hydrogens is 410 g/mol. The van der Waals surface area contributed by atoms with Crippen molar-refractivity contribution in [1.29, 1.82) is 0 Å². The molecule has 0 bridgehead atoms. The maximum atomic E-state index is 15.2. The number of amides is 1. The number of alkyl halides is 1. The fraction of sp³-hybridized carbons (Fsp3) is 0.333. The van der Waals surface area contributed by atoms with E-state index in [1.54, 1.807) is 23.8 Å². The minimum Gasteiger partial charge on any atom is -0.394 e. The lowest BCUT2D eigenvalue weighted by molar-refractivity contribution is 0.0169. The SMILES string of the molecule is CC1C(Cl)=CC=C(Nc2c(C(=O)NOCCO)cc3c(ncn3C)c2F)C1Cl. The molecule has 10 heteroatoms.